The van der Waals surface area contributed by atoms with Crippen LogP contribution in [-0.2, 0) is 0 Å². The monoisotopic (exact) mass is 568 g/mol. The van der Waals surface area contributed by atoms with Crippen molar-refractivity contribution < 1.29 is 4.74 Å². The molecule has 0 fully saturated rings. The van der Waals surface area contributed by atoms with Gasteiger partial charge in [-0.05, 0) is 30.3 Å². The Morgan fingerprint density at radius 2 is 1.42 bits per heavy atom. The molecule has 1 aliphatic heterocycles. The van der Waals surface area contributed by atoms with Crippen LogP contribution in [-0.4, -0.2) is 19.5 Å². The molecular formula is C37H20N4OS. The largest absolute Gasteiger partial charge is 0.456 e. The van der Waals surface area contributed by atoms with E-state index in [1.165, 1.54) is 4.70 Å². The summed E-state index contributed by atoms with van der Waals surface area (Å²) in [6.45, 7) is 0. The molecule has 5 nitrogen and oxygen atoms in total. The van der Waals surface area contributed by atoms with Gasteiger partial charge in [0.2, 0.25) is 5.95 Å². The quantitative estimate of drug-likeness (QED) is 0.208. The minimum absolute atomic E-state index is 0.626. The molecule has 0 atom stereocenters. The maximum absolute atomic E-state index is 6.51. The summed E-state index contributed by atoms with van der Waals surface area (Å²) in [4.78, 5) is 15.6. The Morgan fingerprint density at radius 1 is 0.628 bits per heavy atom. The van der Waals surface area contributed by atoms with Crippen molar-refractivity contribution >= 4 is 64.3 Å². The maximum Gasteiger partial charge on any atom is 0.235 e. The Kier molecular flexibility index (Phi) is 4.54. The number of ether oxygens (including phenoxy) is 1. The lowest BCUT2D eigenvalue weighted by Crippen LogP contribution is -2.04. The highest BCUT2D eigenvalue weighted by Crippen LogP contribution is 2.49. The van der Waals surface area contributed by atoms with E-state index < -0.39 is 0 Å². The zero-order chi connectivity index (χ0) is 28.1. The number of hydrogen-bond donors (Lipinski definition) is 0. The van der Waals surface area contributed by atoms with Gasteiger partial charge in [0.15, 0.2) is 0 Å². The number of thiophene rings is 1. The highest BCUT2D eigenvalue weighted by molar-refractivity contribution is 7.26. The number of para-hydroxylation sites is 2. The van der Waals surface area contributed by atoms with Crippen molar-refractivity contribution in [3.8, 4) is 39.8 Å². The zero-order valence-electron chi connectivity index (χ0n) is 22.7. The molecule has 0 radical (unpaired) electrons. The van der Waals surface area contributed by atoms with Gasteiger partial charge in [-0.3, -0.25) is 9.55 Å². The number of fused-ring (bicyclic) bond motifs is 9. The molecule has 0 bridgehead atoms. The van der Waals surface area contributed by atoms with E-state index in [1.807, 2.05) is 30.5 Å². The first-order chi connectivity index (χ1) is 21.3. The fraction of sp³-hybridized carbons (Fsp3) is 0. The number of hydrogen-bond acceptors (Lipinski definition) is 5. The van der Waals surface area contributed by atoms with Gasteiger partial charge in [-0.25, -0.2) is 9.97 Å². The van der Waals surface area contributed by atoms with Crippen LogP contribution in [0, 0.1) is 0 Å². The van der Waals surface area contributed by atoms with E-state index in [0.29, 0.717) is 5.95 Å². The SMILES string of the molecule is c1ccc(-c2nc(-n3c4ccccc4c4cc5c6c(ccnc6c43)-c3ccccc3O5)nc3c2sc2ccccc23)cc1. The third kappa shape index (κ3) is 3.13. The molecular weight excluding hydrogens is 549 g/mol. The highest BCUT2D eigenvalue weighted by Gasteiger charge is 2.26. The normalized spacial score (nSPS) is 12.4. The van der Waals surface area contributed by atoms with Crippen LogP contribution >= 0.6 is 11.3 Å². The van der Waals surface area contributed by atoms with E-state index >= 15 is 0 Å². The Labute approximate surface area is 249 Å². The first-order valence-electron chi connectivity index (χ1n) is 14.2. The molecule has 0 aliphatic carbocycles. The number of aromatic nitrogens is 4. The molecule has 10 rings (SSSR count). The zero-order valence-corrected chi connectivity index (χ0v) is 23.5. The molecule has 9 aromatic rings. The van der Waals surface area contributed by atoms with Gasteiger partial charge >= 0.3 is 0 Å². The van der Waals surface area contributed by atoms with Crippen LogP contribution in [0.5, 0.6) is 11.5 Å². The van der Waals surface area contributed by atoms with Gasteiger partial charge < -0.3 is 4.74 Å². The maximum atomic E-state index is 6.51. The van der Waals surface area contributed by atoms with Gasteiger partial charge in [0, 0.05) is 43.7 Å². The molecule has 4 aromatic heterocycles. The predicted molar refractivity (Wildman–Crippen MR) is 176 cm³/mol. The van der Waals surface area contributed by atoms with Gasteiger partial charge in [0.1, 0.15) is 11.5 Å². The molecule has 6 heteroatoms. The van der Waals surface area contributed by atoms with Crippen molar-refractivity contribution in [1.29, 1.82) is 0 Å². The number of pyridine rings is 1. The van der Waals surface area contributed by atoms with Crippen LogP contribution in [0.25, 0.3) is 81.3 Å². The minimum atomic E-state index is 0.626. The molecule has 0 saturated heterocycles. The van der Waals surface area contributed by atoms with Gasteiger partial charge in [0.05, 0.1) is 37.8 Å². The standard InChI is InChI=1S/C37H20N4OS/c1-2-10-21(11-3-1)32-36-33(25-14-6-9-17-30(25)43-36)40-37(39-32)41-27-15-7-4-12-22(27)26-20-29-31-24(18-19-38-34(31)35(26)41)23-13-5-8-16-28(23)42-29/h1-20H. The Hall–Kier alpha value is -5.59. The Morgan fingerprint density at radius 3 is 2.35 bits per heavy atom. The van der Waals surface area contributed by atoms with Gasteiger partial charge in [-0.15, -0.1) is 11.3 Å². The van der Waals surface area contributed by atoms with E-state index in [2.05, 4.69) is 95.6 Å². The van der Waals surface area contributed by atoms with Crippen LogP contribution in [0.2, 0.25) is 0 Å². The van der Waals surface area contributed by atoms with Crippen molar-refractivity contribution in [1.82, 2.24) is 19.5 Å². The highest BCUT2D eigenvalue weighted by atomic mass is 32.1. The first kappa shape index (κ1) is 23.0. The lowest BCUT2D eigenvalue weighted by atomic mass is 9.96. The molecule has 200 valence electrons. The second-order valence-electron chi connectivity index (χ2n) is 10.8. The fourth-order valence-corrected chi connectivity index (χ4v) is 7.77. The Balaban J connectivity index is 1.39. The van der Waals surface area contributed by atoms with E-state index in [1.54, 1.807) is 11.3 Å². The number of nitrogens with zero attached hydrogens (tertiary/aromatic N) is 4. The third-order valence-corrected chi connectivity index (χ3v) is 9.63. The molecule has 0 saturated carbocycles. The molecule has 1 aliphatic rings. The van der Waals surface area contributed by atoms with Gasteiger partial charge in [-0.2, -0.15) is 0 Å². The average Bonchev–Trinajstić information content (AvgIpc) is 3.61. The summed E-state index contributed by atoms with van der Waals surface area (Å²) >= 11 is 1.74. The summed E-state index contributed by atoms with van der Waals surface area (Å²) in [5.41, 5.74) is 8.01. The number of benzene rings is 5. The number of rotatable bonds is 2. The van der Waals surface area contributed by atoms with Gasteiger partial charge in [0.25, 0.3) is 0 Å². The van der Waals surface area contributed by atoms with Crippen LogP contribution < -0.4 is 4.74 Å². The van der Waals surface area contributed by atoms with Crippen LogP contribution in [0.3, 0.4) is 0 Å². The lowest BCUT2D eigenvalue weighted by molar-refractivity contribution is 0.487. The van der Waals surface area contributed by atoms with Crippen LogP contribution in [0.4, 0.5) is 0 Å². The van der Waals surface area contributed by atoms with E-state index in [9.17, 15) is 0 Å². The topological polar surface area (TPSA) is 52.8 Å². The smallest absolute Gasteiger partial charge is 0.235 e. The van der Waals surface area contributed by atoms with E-state index in [4.69, 9.17) is 19.7 Å². The average molecular weight is 569 g/mol. The molecule has 5 heterocycles. The van der Waals surface area contributed by atoms with Crippen molar-refractivity contribution in [2.45, 2.75) is 0 Å². The molecule has 0 spiro atoms. The summed E-state index contributed by atoms with van der Waals surface area (Å²) in [5, 5.41) is 4.30. The minimum Gasteiger partial charge on any atom is -0.456 e. The molecule has 43 heavy (non-hydrogen) atoms. The fourth-order valence-electron chi connectivity index (χ4n) is 6.62. The second kappa shape index (κ2) is 8.47. The molecule has 5 aromatic carbocycles. The summed E-state index contributed by atoms with van der Waals surface area (Å²) in [7, 11) is 0. The Bertz CT molecular complexity index is 2600. The van der Waals surface area contributed by atoms with Crippen molar-refractivity contribution in [3.05, 3.63) is 121 Å². The second-order valence-corrected chi connectivity index (χ2v) is 11.9. The molecule has 0 unspecified atom stereocenters. The van der Waals surface area contributed by atoms with Gasteiger partial charge in [-0.1, -0.05) is 84.9 Å². The van der Waals surface area contributed by atoms with Crippen LogP contribution in [0.15, 0.2) is 121 Å². The van der Waals surface area contributed by atoms with E-state index in [-0.39, 0.29) is 0 Å². The van der Waals surface area contributed by atoms with Crippen LogP contribution in [0.1, 0.15) is 0 Å². The molecule has 0 N–H and O–H groups in total. The van der Waals surface area contributed by atoms with Crippen molar-refractivity contribution in [3.63, 3.8) is 0 Å². The summed E-state index contributed by atoms with van der Waals surface area (Å²) in [5.74, 6) is 2.30. The van der Waals surface area contributed by atoms with Crippen molar-refractivity contribution in [2.24, 2.45) is 0 Å². The summed E-state index contributed by atoms with van der Waals surface area (Å²) in [6.07, 6.45) is 1.90. The van der Waals surface area contributed by atoms with Crippen molar-refractivity contribution in [2.75, 3.05) is 0 Å². The third-order valence-electron chi connectivity index (χ3n) is 8.46. The predicted octanol–water partition coefficient (Wildman–Crippen LogP) is 9.93. The first-order valence-corrected chi connectivity index (χ1v) is 15.0. The summed E-state index contributed by atoms with van der Waals surface area (Å²) in [6, 6.07) is 39.8. The lowest BCUT2D eigenvalue weighted by Gasteiger charge is -2.21. The van der Waals surface area contributed by atoms with E-state index in [0.717, 1.165) is 82.2 Å². The summed E-state index contributed by atoms with van der Waals surface area (Å²) < 4.78 is 11.0. The molecule has 0 amide bonds.